The molecular weight excluding hydrogens is 204 g/mol. The molecule has 0 spiro atoms. The van der Waals surface area contributed by atoms with Gasteiger partial charge in [0.15, 0.2) is 0 Å². The fourth-order valence-electron chi connectivity index (χ4n) is 2.02. The van der Waals surface area contributed by atoms with Gasteiger partial charge in [0.05, 0.1) is 19.3 Å². The lowest BCUT2D eigenvalue weighted by Gasteiger charge is -2.29. The molecule has 0 aromatic rings. The third-order valence-corrected chi connectivity index (χ3v) is 3.00. The molecule has 1 aliphatic rings. The van der Waals surface area contributed by atoms with Crippen LogP contribution in [-0.2, 0) is 4.74 Å². The van der Waals surface area contributed by atoms with Gasteiger partial charge in [-0.05, 0) is 13.3 Å². The number of morpholine rings is 1. The molecule has 1 heterocycles. The molecule has 0 amide bonds. The van der Waals surface area contributed by atoms with Gasteiger partial charge in [-0.1, -0.05) is 13.3 Å². The maximum atomic E-state index is 9.87. The van der Waals surface area contributed by atoms with Crippen LogP contribution in [0.2, 0.25) is 0 Å². The zero-order valence-electron chi connectivity index (χ0n) is 10.6. The lowest BCUT2D eigenvalue weighted by atomic mass is 10.2. The quantitative estimate of drug-likeness (QED) is 0.667. The minimum atomic E-state index is -0.266. The van der Waals surface area contributed by atoms with E-state index in [-0.39, 0.29) is 6.10 Å². The van der Waals surface area contributed by atoms with Crippen molar-refractivity contribution >= 4 is 0 Å². The lowest BCUT2D eigenvalue weighted by molar-refractivity contribution is 0.0145. The van der Waals surface area contributed by atoms with Gasteiger partial charge in [-0.2, -0.15) is 0 Å². The molecular formula is C12H26N2O2. The Bertz CT molecular complexity index is 172. The second-order valence-electron chi connectivity index (χ2n) is 4.66. The number of aliphatic hydroxyl groups is 1. The van der Waals surface area contributed by atoms with Gasteiger partial charge in [-0.3, -0.25) is 4.90 Å². The summed E-state index contributed by atoms with van der Waals surface area (Å²) in [5, 5.41) is 13.2. The van der Waals surface area contributed by atoms with Crippen LogP contribution in [-0.4, -0.2) is 61.5 Å². The van der Waals surface area contributed by atoms with E-state index >= 15 is 0 Å². The molecule has 1 fully saturated rings. The Hall–Kier alpha value is -0.160. The van der Waals surface area contributed by atoms with Gasteiger partial charge >= 0.3 is 0 Å². The molecule has 16 heavy (non-hydrogen) atoms. The first-order valence-corrected chi connectivity index (χ1v) is 6.44. The van der Waals surface area contributed by atoms with Crippen molar-refractivity contribution in [2.45, 2.75) is 38.8 Å². The molecule has 0 bridgehead atoms. The summed E-state index contributed by atoms with van der Waals surface area (Å²) >= 11 is 0. The largest absolute Gasteiger partial charge is 0.390 e. The molecule has 4 heteroatoms. The van der Waals surface area contributed by atoms with Crippen molar-refractivity contribution in [1.82, 2.24) is 10.2 Å². The molecule has 0 saturated carbocycles. The Labute approximate surface area is 99.0 Å². The van der Waals surface area contributed by atoms with Crippen molar-refractivity contribution in [3.8, 4) is 0 Å². The first-order chi connectivity index (χ1) is 7.72. The van der Waals surface area contributed by atoms with E-state index in [1.54, 1.807) is 0 Å². The van der Waals surface area contributed by atoms with E-state index in [0.717, 1.165) is 32.8 Å². The Morgan fingerprint density at radius 2 is 2.06 bits per heavy atom. The lowest BCUT2D eigenvalue weighted by Crippen LogP contribution is -2.44. The zero-order chi connectivity index (χ0) is 11.8. The van der Waals surface area contributed by atoms with Crippen molar-refractivity contribution in [3.63, 3.8) is 0 Å². The van der Waals surface area contributed by atoms with Gasteiger partial charge < -0.3 is 15.2 Å². The monoisotopic (exact) mass is 230 g/mol. The van der Waals surface area contributed by atoms with Crippen LogP contribution in [0.4, 0.5) is 0 Å². The average molecular weight is 230 g/mol. The fraction of sp³-hybridized carbons (Fsp3) is 1.00. The van der Waals surface area contributed by atoms with E-state index in [1.807, 2.05) is 0 Å². The highest BCUT2D eigenvalue weighted by Crippen LogP contribution is 1.99. The highest BCUT2D eigenvalue weighted by Gasteiger charge is 2.14. The minimum Gasteiger partial charge on any atom is -0.390 e. The molecule has 0 radical (unpaired) electrons. The number of ether oxygens (including phenoxy) is 1. The summed E-state index contributed by atoms with van der Waals surface area (Å²) in [4.78, 5) is 2.26. The van der Waals surface area contributed by atoms with Gasteiger partial charge in [0.25, 0.3) is 0 Å². The number of rotatable bonds is 7. The van der Waals surface area contributed by atoms with Gasteiger partial charge in [-0.15, -0.1) is 0 Å². The number of aliphatic hydroxyl groups excluding tert-OH is 1. The van der Waals surface area contributed by atoms with E-state index in [1.165, 1.54) is 12.8 Å². The highest BCUT2D eigenvalue weighted by molar-refractivity contribution is 4.71. The summed E-state index contributed by atoms with van der Waals surface area (Å²) in [6.45, 7) is 9.29. The first-order valence-electron chi connectivity index (χ1n) is 6.44. The topological polar surface area (TPSA) is 44.7 Å². The second-order valence-corrected chi connectivity index (χ2v) is 4.66. The first kappa shape index (κ1) is 13.9. The molecule has 96 valence electrons. The third kappa shape index (κ3) is 5.80. The van der Waals surface area contributed by atoms with Crippen LogP contribution in [0.5, 0.6) is 0 Å². The number of hydrogen-bond donors (Lipinski definition) is 2. The Kier molecular flexibility index (Phi) is 6.96. The highest BCUT2D eigenvalue weighted by atomic mass is 16.5. The standard InChI is InChI=1S/C12H26N2O2/c1-3-4-11(2)13-9-12(15)10-14-5-7-16-8-6-14/h11-13,15H,3-10H2,1-2H3. The maximum Gasteiger partial charge on any atom is 0.0791 e. The SMILES string of the molecule is CCCC(C)NCC(O)CN1CCOCC1. The normalized spacial score (nSPS) is 21.9. The second kappa shape index (κ2) is 8.01. The van der Waals surface area contributed by atoms with Crippen LogP contribution >= 0.6 is 0 Å². The third-order valence-electron chi connectivity index (χ3n) is 3.00. The van der Waals surface area contributed by atoms with Crippen molar-refractivity contribution in [1.29, 1.82) is 0 Å². The summed E-state index contributed by atoms with van der Waals surface area (Å²) in [7, 11) is 0. The van der Waals surface area contributed by atoms with Crippen molar-refractivity contribution in [2.24, 2.45) is 0 Å². The Morgan fingerprint density at radius 1 is 1.38 bits per heavy atom. The van der Waals surface area contributed by atoms with Crippen LogP contribution < -0.4 is 5.32 Å². The number of hydrogen-bond acceptors (Lipinski definition) is 4. The molecule has 0 aromatic carbocycles. The van der Waals surface area contributed by atoms with Gasteiger partial charge in [0.1, 0.15) is 0 Å². The predicted molar refractivity (Wildman–Crippen MR) is 65.6 cm³/mol. The van der Waals surface area contributed by atoms with Crippen LogP contribution in [0.1, 0.15) is 26.7 Å². The van der Waals surface area contributed by atoms with E-state index in [9.17, 15) is 5.11 Å². The van der Waals surface area contributed by atoms with Gasteiger partial charge in [0.2, 0.25) is 0 Å². The summed E-state index contributed by atoms with van der Waals surface area (Å²) < 4.78 is 5.27. The van der Waals surface area contributed by atoms with Gasteiger partial charge in [-0.25, -0.2) is 0 Å². The molecule has 2 unspecified atom stereocenters. The van der Waals surface area contributed by atoms with E-state index in [0.29, 0.717) is 12.6 Å². The number of nitrogens with one attached hydrogen (secondary N) is 1. The molecule has 1 saturated heterocycles. The van der Waals surface area contributed by atoms with Crippen LogP contribution in [0.15, 0.2) is 0 Å². The van der Waals surface area contributed by atoms with Crippen molar-refractivity contribution < 1.29 is 9.84 Å². The van der Waals surface area contributed by atoms with E-state index in [2.05, 4.69) is 24.1 Å². The summed E-state index contributed by atoms with van der Waals surface area (Å²) in [6, 6.07) is 0.504. The maximum absolute atomic E-state index is 9.87. The van der Waals surface area contributed by atoms with Crippen LogP contribution in [0.3, 0.4) is 0 Å². The number of β-amino-alcohol motifs (C(OH)–C–C–N with tert-alkyl or cyclic N) is 1. The summed E-state index contributed by atoms with van der Waals surface area (Å²) in [6.07, 6.45) is 2.09. The van der Waals surface area contributed by atoms with Crippen molar-refractivity contribution in [3.05, 3.63) is 0 Å². The molecule has 4 nitrogen and oxygen atoms in total. The molecule has 1 rings (SSSR count). The molecule has 1 aliphatic heterocycles. The summed E-state index contributed by atoms with van der Waals surface area (Å²) in [5.74, 6) is 0. The van der Waals surface area contributed by atoms with E-state index < -0.39 is 0 Å². The number of nitrogens with zero attached hydrogens (tertiary/aromatic N) is 1. The smallest absolute Gasteiger partial charge is 0.0791 e. The summed E-state index contributed by atoms with van der Waals surface area (Å²) in [5.41, 5.74) is 0. The minimum absolute atomic E-state index is 0.266. The fourth-order valence-corrected chi connectivity index (χ4v) is 2.02. The zero-order valence-corrected chi connectivity index (χ0v) is 10.6. The predicted octanol–water partition coefficient (Wildman–Crippen LogP) is 0.458. The van der Waals surface area contributed by atoms with Crippen molar-refractivity contribution in [2.75, 3.05) is 39.4 Å². The molecule has 2 N–H and O–H groups in total. The molecule has 2 atom stereocenters. The average Bonchev–Trinajstić information content (AvgIpc) is 2.28. The van der Waals surface area contributed by atoms with Crippen LogP contribution in [0.25, 0.3) is 0 Å². The Balaban J connectivity index is 2.07. The Morgan fingerprint density at radius 3 is 2.69 bits per heavy atom. The van der Waals surface area contributed by atoms with Crippen LogP contribution in [0, 0.1) is 0 Å². The molecule has 0 aromatic heterocycles. The van der Waals surface area contributed by atoms with Gasteiger partial charge in [0, 0.05) is 32.2 Å². The molecule has 0 aliphatic carbocycles. The van der Waals surface area contributed by atoms with E-state index in [4.69, 9.17) is 4.74 Å².